The van der Waals surface area contributed by atoms with Crippen LogP contribution in [0.4, 0.5) is 0 Å². The zero-order valence-corrected chi connectivity index (χ0v) is 19.4. The summed E-state index contributed by atoms with van der Waals surface area (Å²) in [5.74, 6) is 0.367. The van der Waals surface area contributed by atoms with Crippen LogP contribution in [0.5, 0.6) is 11.5 Å². The minimum absolute atomic E-state index is 0.00941. The Balaban J connectivity index is 1.72. The molecule has 0 aromatic heterocycles. The summed E-state index contributed by atoms with van der Waals surface area (Å²) in [6.45, 7) is 2.35. The normalized spacial score (nSPS) is 18.3. The molecule has 1 aliphatic heterocycles. The van der Waals surface area contributed by atoms with Crippen molar-refractivity contribution in [2.75, 3.05) is 27.3 Å². The molecule has 2 aromatic rings. The van der Waals surface area contributed by atoms with Gasteiger partial charge in [0.1, 0.15) is 16.4 Å². The van der Waals surface area contributed by atoms with Gasteiger partial charge in [0.25, 0.3) is 0 Å². The number of hydrogen-bond acceptors (Lipinski definition) is 5. The highest BCUT2D eigenvalue weighted by atomic mass is 35.5. The number of carbonyl (C=O) groups excluding carboxylic acids is 1. The van der Waals surface area contributed by atoms with Gasteiger partial charge in [-0.25, -0.2) is 8.42 Å². The van der Waals surface area contributed by atoms with Crippen molar-refractivity contribution in [2.24, 2.45) is 5.92 Å². The van der Waals surface area contributed by atoms with Gasteiger partial charge in [-0.3, -0.25) is 4.79 Å². The van der Waals surface area contributed by atoms with Gasteiger partial charge < -0.3 is 14.8 Å². The van der Waals surface area contributed by atoms with E-state index < -0.39 is 15.9 Å². The predicted molar refractivity (Wildman–Crippen MR) is 119 cm³/mol. The molecule has 9 heteroatoms. The molecule has 1 heterocycles. The Hall–Kier alpha value is -2.29. The largest absolute Gasteiger partial charge is 0.497 e. The van der Waals surface area contributed by atoms with E-state index >= 15 is 0 Å². The third-order valence-electron chi connectivity index (χ3n) is 5.47. The molecule has 1 aliphatic rings. The van der Waals surface area contributed by atoms with Gasteiger partial charge >= 0.3 is 0 Å². The highest BCUT2D eigenvalue weighted by molar-refractivity contribution is 7.89. The van der Waals surface area contributed by atoms with Gasteiger partial charge in [0.15, 0.2) is 0 Å². The lowest BCUT2D eigenvalue weighted by Gasteiger charge is -2.32. The Morgan fingerprint density at radius 2 is 1.87 bits per heavy atom. The number of rotatable bonds is 7. The lowest BCUT2D eigenvalue weighted by Crippen LogP contribution is -2.45. The molecule has 31 heavy (non-hydrogen) atoms. The van der Waals surface area contributed by atoms with E-state index in [0.717, 1.165) is 11.3 Å². The number of amides is 1. The molecule has 0 radical (unpaired) electrons. The molecular formula is C22H27ClN2O5S. The number of hydrogen-bond donors (Lipinski definition) is 1. The van der Waals surface area contributed by atoms with Crippen LogP contribution < -0.4 is 14.8 Å². The number of carbonyl (C=O) groups is 1. The molecule has 0 aliphatic carbocycles. The molecule has 0 saturated carbocycles. The fourth-order valence-corrected chi connectivity index (χ4v) is 5.62. The van der Waals surface area contributed by atoms with Crippen molar-refractivity contribution in [3.63, 3.8) is 0 Å². The molecule has 0 unspecified atom stereocenters. The number of halogens is 1. The molecule has 2 aromatic carbocycles. The molecular weight excluding hydrogens is 440 g/mol. The van der Waals surface area contributed by atoms with Crippen LogP contribution in [0.3, 0.4) is 0 Å². The standard InChI is InChI=1S/C22H27ClN2O5S/c1-15(16-6-9-19(29-2)10-7-16)24-22(26)17-5-4-12-25(14-17)31(27,28)21-13-18(23)8-11-20(21)30-3/h6-11,13,15,17H,4-5,12,14H2,1-3H3,(H,24,26)/t15-,17-/m0/s1. The number of nitrogens with one attached hydrogen (secondary N) is 1. The van der Waals surface area contributed by atoms with Crippen molar-refractivity contribution in [1.29, 1.82) is 0 Å². The zero-order valence-electron chi connectivity index (χ0n) is 17.8. The molecule has 1 N–H and O–H groups in total. The molecule has 3 rings (SSSR count). The molecule has 1 amide bonds. The summed E-state index contributed by atoms with van der Waals surface area (Å²) in [7, 11) is -0.841. The van der Waals surface area contributed by atoms with Crippen molar-refractivity contribution in [2.45, 2.75) is 30.7 Å². The highest BCUT2D eigenvalue weighted by Gasteiger charge is 2.35. The minimum Gasteiger partial charge on any atom is -0.497 e. The Bertz CT molecular complexity index is 1030. The lowest BCUT2D eigenvalue weighted by atomic mass is 9.98. The van der Waals surface area contributed by atoms with Crippen LogP contribution in [0.15, 0.2) is 47.4 Å². The summed E-state index contributed by atoms with van der Waals surface area (Å²) in [5, 5.41) is 3.30. The van der Waals surface area contributed by atoms with E-state index in [0.29, 0.717) is 24.4 Å². The first-order chi connectivity index (χ1) is 14.8. The van der Waals surface area contributed by atoms with Crippen LogP contribution in [0.2, 0.25) is 5.02 Å². The van der Waals surface area contributed by atoms with E-state index in [4.69, 9.17) is 21.1 Å². The molecule has 1 saturated heterocycles. The van der Waals surface area contributed by atoms with Gasteiger partial charge in [-0.05, 0) is 55.7 Å². The van der Waals surface area contributed by atoms with Crippen molar-refractivity contribution in [3.05, 3.63) is 53.1 Å². The van der Waals surface area contributed by atoms with E-state index in [9.17, 15) is 13.2 Å². The van der Waals surface area contributed by atoms with Gasteiger partial charge in [-0.15, -0.1) is 0 Å². The van der Waals surface area contributed by atoms with Gasteiger partial charge in [0.2, 0.25) is 15.9 Å². The van der Waals surface area contributed by atoms with E-state index in [-0.39, 0.29) is 29.1 Å². The fraction of sp³-hybridized carbons (Fsp3) is 0.409. The van der Waals surface area contributed by atoms with E-state index in [1.165, 1.54) is 23.5 Å². The molecule has 7 nitrogen and oxygen atoms in total. The molecule has 1 fully saturated rings. The molecule has 0 bridgehead atoms. The summed E-state index contributed by atoms with van der Waals surface area (Å²) >= 11 is 6.02. The van der Waals surface area contributed by atoms with E-state index in [2.05, 4.69) is 5.32 Å². The second kappa shape index (κ2) is 9.89. The first kappa shape index (κ1) is 23.4. The number of piperidine rings is 1. The first-order valence-corrected chi connectivity index (χ1v) is 11.9. The van der Waals surface area contributed by atoms with E-state index in [1.807, 2.05) is 31.2 Å². The van der Waals surface area contributed by atoms with Crippen LogP contribution in [0, 0.1) is 5.92 Å². The summed E-state index contributed by atoms with van der Waals surface area (Å²) in [6, 6.07) is 11.7. The lowest BCUT2D eigenvalue weighted by molar-refractivity contribution is -0.126. The van der Waals surface area contributed by atoms with Crippen LogP contribution in [-0.2, 0) is 14.8 Å². The van der Waals surface area contributed by atoms with Crippen molar-refractivity contribution in [1.82, 2.24) is 9.62 Å². The van der Waals surface area contributed by atoms with E-state index in [1.54, 1.807) is 13.2 Å². The van der Waals surface area contributed by atoms with Gasteiger partial charge in [-0.2, -0.15) is 4.31 Å². The topological polar surface area (TPSA) is 84.9 Å². The Labute approximate surface area is 188 Å². The van der Waals surface area contributed by atoms with Crippen molar-refractivity contribution in [3.8, 4) is 11.5 Å². The quantitative estimate of drug-likeness (QED) is 0.673. The molecule has 168 valence electrons. The number of ether oxygens (including phenoxy) is 2. The third kappa shape index (κ3) is 5.31. The summed E-state index contributed by atoms with van der Waals surface area (Å²) in [5.41, 5.74) is 0.943. The van der Waals surface area contributed by atoms with Crippen LogP contribution in [0.25, 0.3) is 0 Å². The predicted octanol–water partition coefficient (Wildman–Crippen LogP) is 3.64. The minimum atomic E-state index is -3.85. The van der Waals surface area contributed by atoms with Gasteiger partial charge in [0, 0.05) is 18.1 Å². The average Bonchev–Trinajstić information content (AvgIpc) is 2.79. The number of sulfonamides is 1. The summed E-state index contributed by atoms with van der Waals surface area (Å²) in [4.78, 5) is 12.9. The molecule has 0 spiro atoms. The number of nitrogens with zero attached hydrogens (tertiary/aromatic N) is 1. The number of methoxy groups -OCH3 is 2. The van der Waals surface area contributed by atoms with Gasteiger partial charge in [0.05, 0.1) is 26.2 Å². The third-order valence-corrected chi connectivity index (χ3v) is 7.59. The Morgan fingerprint density at radius 1 is 1.16 bits per heavy atom. The van der Waals surface area contributed by atoms with Crippen LogP contribution in [0.1, 0.15) is 31.4 Å². The first-order valence-electron chi connectivity index (χ1n) is 10.0. The maximum atomic E-state index is 13.2. The highest BCUT2D eigenvalue weighted by Crippen LogP contribution is 2.32. The summed E-state index contributed by atoms with van der Waals surface area (Å²) in [6.07, 6.45) is 1.22. The zero-order chi connectivity index (χ0) is 22.6. The second-order valence-corrected chi connectivity index (χ2v) is 9.84. The second-order valence-electron chi connectivity index (χ2n) is 7.50. The maximum absolute atomic E-state index is 13.2. The maximum Gasteiger partial charge on any atom is 0.246 e. The Kier molecular flexibility index (Phi) is 7.46. The monoisotopic (exact) mass is 466 g/mol. The van der Waals surface area contributed by atoms with Crippen LogP contribution in [-0.4, -0.2) is 45.9 Å². The van der Waals surface area contributed by atoms with Crippen molar-refractivity contribution < 1.29 is 22.7 Å². The van der Waals surface area contributed by atoms with Crippen molar-refractivity contribution >= 4 is 27.5 Å². The number of benzene rings is 2. The van der Waals surface area contributed by atoms with Gasteiger partial charge in [-0.1, -0.05) is 23.7 Å². The SMILES string of the molecule is COc1ccc([C@H](C)NC(=O)[C@H]2CCCN(S(=O)(=O)c3cc(Cl)ccc3OC)C2)cc1. The Morgan fingerprint density at radius 3 is 2.52 bits per heavy atom. The fourth-order valence-electron chi connectivity index (χ4n) is 3.67. The average molecular weight is 467 g/mol. The van der Waals surface area contributed by atoms with Crippen LogP contribution >= 0.6 is 11.6 Å². The molecule has 2 atom stereocenters. The summed E-state index contributed by atoms with van der Waals surface area (Å²) < 4.78 is 38.2. The smallest absolute Gasteiger partial charge is 0.246 e.